The van der Waals surface area contributed by atoms with Crippen LogP contribution in [0.1, 0.15) is 13.8 Å². The van der Waals surface area contributed by atoms with E-state index in [1.807, 2.05) is 13.8 Å². The van der Waals surface area contributed by atoms with Gasteiger partial charge in [0.15, 0.2) is 17.0 Å². The molecule has 1 atom stereocenters. The number of halogens is 2. The maximum absolute atomic E-state index is 14.6. The first-order valence-electron chi connectivity index (χ1n) is 7.85. The monoisotopic (exact) mass is 446 g/mol. The summed E-state index contributed by atoms with van der Waals surface area (Å²) in [5, 5.41) is 0. The smallest absolute Gasteiger partial charge is 0.196 e. The second-order valence-electron chi connectivity index (χ2n) is 4.36. The van der Waals surface area contributed by atoms with Gasteiger partial charge < -0.3 is 9.53 Å². The van der Waals surface area contributed by atoms with E-state index in [-0.39, 0.29) is 29.1 Å². The Labute approximate surface area is 165 Å². The molecule has 0 aliphatic rings. The summed E-state index contributed by atoms with van der Waals surface area (Å²) >= 11 is 1.28. The molecule has 0 bridgehead atoms. The van der Waals surface area contributed by atoms with E-state index in [0.29, 0.717) is 6.29 Å². The van der Waals surface area contributed by atoms with E-state index >= 15 is 0 Å². The second-order valence-corrected chi connectivity index (χ2v) is 6.56. The highest BCUT2D eigenvalue weighted by Crippen LogP contribution is 2.36. The second kappa shape index (κ2) is 13.4. The Kier molecular flexibility index (Phi) is 12.5. The molecule has 0 aliphatic heterocycles. The third kappa shape index (κ3) is 6.86. The highest BCUT2D eigenvalue weighted by molar-refractivity contribution is 9.10. The standard InChI is InChI=1S/C16H18BrFN2O3S.C2H6/c1-4-6-12(5-2)11-23-14-8-7-13(17)15(18)16(14)20(9-10-21)24(22)19-3;1-2/h4-8,10,19H,1-2,9,11H2,3H3;1-2H3/b12-6+;. The van der Waals surface area contributed by atoms with E-state index in [0.717, 1.165) is 9.88 Å². The molecule has 0 saturated carbocycles. The summed E-state index contributed by atoms with van der Waals surface area (Å²) in [7, 11) is 1.44. The Morgan fingerprint density at radius 2 is 2.08 bits per heavy atom. The van der Waals surface area contributed by atoms with E-state index in [4.69, 9.17) is 4.74 Å². The third-order valence-corrected chi connectivity index (χ3v) is 4.58. The predicted octanol–water partition coefficient (Wildman–Crippen LogP) is 4.10. The summed E-state index contributed by atoms with van der Waals surface area (Å²) in [6, 6.07) is 3.00. The molecule has 0 heterocycles. The van der Waals surface area contributed by atoms with Crippen LogP contribution >= 0.6 is 15.9 Å². The van der Waals surface area contributed by atoms with Gasteiger partial charge in [-0.1, -0.05) is 45.2 Å². The molecule has 0 spiro atoms. The predicted molar refractivity (Wildman–Crippen MR) is 110 cm³/mol. The minimum absolute atomic E-state index is 0.0776. The van der Waals surface area contributed by atoms with Crippen LogP contribution in [-0.2, 0) is 16.0 Å². The highest BCUT2D eigenvalue weighted by atomic mass is 79.9. The first kappa shape index (κ1) is 24.2. The fraction of sp³-hybridized carbons (Fsp3) is 0.278. The molecule has 0 aromatic heterocycles. The van der Waals surface area contributed by atoms with Crippen molar-refractivity contribution in [1.29, 1.82) is 0 Å². The van der Waals surface area contributed by atoms with Crippen molar-refractivity contribution in [3.63, 3.8) is 0 Å². The zero-order valence-corrected chi connectivity index (χ0v) is 17.5. The minimum Gasteiger partial charge on any atom is -0.487 e. The minimum atomic E-state index is -1.80. The van der Waals surface area contributed by atoms with Crippen LogP contribution in [0.15, 0.2) is 53.6 Å². The number of nitrogens with zero attached hydrogens (tertiary/aromatic N) is 1. The van der Waals surface area contributed by atoms with Crippen LogP contribution in [0.4, 0.5) is 10.1 Å². The molecule has 5 nitrogen and oxygen atoms in total. The number of carbonyl (C=O) groups is 1. The lowest BCUT2D eigenvalue weighted by Crippen LogP contribution is -2.35. The molecular formula is C18H24BrFN2O3S. The van der Waals surface area contributed by atoms with Gasteiger partial charge in [-0.25, -0.2) is 13.3 Å². The number of allylic oxidation sites excluding steroid dienone is 2. The maximum Gasteiger partial charge on any atom is 0.196 e. The first-order valence-corrected chi connectivity index (χ1v) is 9.75. The molecular weight excluding hydrogens is 423 g/mol. The van der Waals surface area contributed by atoms with Gasteiger partial charge in [0.25, 0.3) is 0 Å². The van der Waals surface area contributed by atoms with Gasteiger partial charge in [-0.3, -0.25) is 4.31 Å². The van der Waals surface area contributed by atoms with E-state index in [2.05, 4.69) is 33.8 Å². The summed E-state index contributed by atoms with van der Waals surface area (Å²) in [4.78, 5) is 10.9. The van der Waals surface area contributed by atoms with Crippen molar-refractivity contribution in [2.24, 2.45) is 0 Å². The SMILES string of the molecule is C=C/C=C(\C=C)COc1ccc(Br)c(F)c1N(CC=O)S(=O)NC.CC. The van der Waals surface area contributed by atoms with Gasteiger partial charge in [0.05, 0.1) is 11.0 Å². The van der Waals surface area contributed by atoms with Crippen molar-refractivity contribution in [2.75, 3.05) is 24.5 Å². The summed E-state index contributed by atoms with van der Waals surface area (Å²) in [5.41, 5.74) is 0.655. The number of aldehydes is 1. The van der Waals surface area contributed by atoms with E-state index < -0.39 is 17.0 Å². The number of anilines is 1. The van der Waals surface area contributed by atoms with Crippen molar-refractivity contribution in [3.05, 3.63) is 59.4 Å². The fourth-order valence-corrected chi connectivity index (χ4v) is 2.85. The molecule has 0 amide bonds. The zero-order chi connectivity index (χ0) is 20.1. The Morgan fingerprint density at radius 3 is 2.58 bits per heavy atom. The van der Waals surface area contributed by atoms with Crippen LogP contribution in [0.5, 0.6) is 5.75 Å². The van der Waals surface area contributed by atoms with Crippen molar-refractivity contribution >= 4 is 39.1 Å². The number of rotatable bonds is 10. The van der Waals surface area contributed by atoms with Crippen molar-refractivity contribution in [1.82, 2.24) is 4.72 Å². The average molecular weight is 447 g/mol. The lowest BCUT2D eigenvalue weighted by molar-refractivity contribution is -0.106. The number of benzene rings is 1. The molecule has 1 unspecified atom stereocenters. The molecule has 1 aromatic carbocycles. The summed E-state index contributed by atoms with van der Waals surface area (Å²) < 4.78 is 36.0. The number of hydrogen-bond donors (Lipinski definition) is 1. The van der Waals surface area contributed by atoms with Crippen LogP contribution < -0.4 is 13.8 Å². The van der Waals surface area contributed by atoms with Gasteiger partial charge in [0.2, 0.25) is 0 Å². The molecule has 26 heavy (non-hydrogen) atoms. The Balaban J connectivity index is 0.00000301. The van der Waals surface area contributed by atoms with Gasteiger partial charge in [-0.15, -0.1) is 0 Å². The molecule has 1 aromatic rings. The van der Waals surface area contributed by atoms with Crippen LogP contribution in [0.3, 0.4) is 0 Å². The number of ether oxygens (including phenoxy) is 1. The molecule has 1 N–H and O–H groups in total. The van der Waals surface area contributed by atoms with E-state index in [1.54, 1.807) is 18.2 Å². The summed E-state index contributed by atoms with van der Waals surface area (Å²) in [6.45, 7) is 11.1. The van der Waals surface area contributed by atoms with Crippen LogP contribution in [0.25, 0.3) is 0 Å². The molecule has 0 aliphatic carbocycles. The largest absolute Gasteiger partial charge is 0.487 e. The van der Waals surface area contributed by atoms with Crippen molar-refractivity contribution in [3.8, 4) is 5.75 Å². The first-order chi connectivity index (χ1) is 12.5. The van der Waals surface area contributed by atoms with Crippen molar-refractivity contribution < 1.29 is 18.1 Å². The molecule has 0 radical (unpaired) electrons. The Bertz CT molecular complexity index is 681. The lowest BCUT2D eigenvalue weighted by Gasteiger charge is -2.24. The quantitative estimate of drug-likeness (QED) is 0.434. The Hall–Kier alpha value is -1.77. The maximum atomic E-state index is 14.6. The molecule has 0 fully saturated rings. The summed E-state index contributed by atoms with van der Waals surface area (Å²) in [5.74, 6) is -0.524. The normalized spacial score (nSPS) is 11.7. The number of carbonyl (C=O) groups excluding carboxylic acids is 1. The van der Waals surface area contributed by atoms with Crippen LogP contribution in [0, 0.1) is 5.82 Å². The van der Waals surface area contributed by atoms with Gasteiger partial charge >= 0.3 is 0 Å². The van der Waals surface area contributed by atoms with Gasteiger partial charge in [0.1, 0.15) is 24.3 Å². The third-order valence-electron chi connectivity index (χ3n) is 2.89. The van der Waals surface area contributed by atoms with Gasteiger partial charge in [-0.2, -0.15) is 0 Å². The average Bonchev–Trinajstić information content (AvgIpc) is 2.67. The molecule has 8 heteroatoms. The van der Waals surface area contributed by atoms with Crippen molar-refractivity contribution in [2.45, 2.75) is 13.8 Å². The van der Waals surface area contributed by atoms with Crippen LogP contribution in [-0.4, -0.2) is 30.7 Å². The number of nitrogens with one attached hydrogen (secondary N) is 1. The Morgan fingerprint density at radius 1 is 1.42 bits per heavy atom. The molecule has 0 saturated heterocycles. The van der Waals surface area contributed by atoms with Gasteiger partial charge in [0, 0.05) is 0 Å². The van der Waals surface area contributed by atoms with E-state index in [9.17, 15) is 13.4 Å². The van der Waals surface area contributed by atoms with Gasteiger partial charge in [-0.05, 0) is 40.7 Å². The topological polar surface area (TPSA) is 58.6 Å². The lowest BCUT2D eigenvalue weighted by atomic mass is 10.2. The highest BCUT2D eigenvalue weighted by Gasteiger charge is 2.23. The summed E-state index contributed by atoms with van der Waals surface area (Å²) in [6.07, 6.45) is 5.41. The van der Waals surface area contributed by atoms with Crippen LogP contribution in [0.2, 0.25) is 0 Å². The fourth-order valence-electron chi connectivity index (χ4n) is 1.78. The number of hydrogen-bond acceptors (Lipinski definition) is 3. The molecule has 144 valence electrons. The zero-order valence-electron chi connectivity index (χ0n) is 15.1. The van der Waals surface area contributed by atoms with E-state index in [1.165, 1.54) is 19.2 Å². The molecule has 1 rings (SSSR count).